The van der Waals surface area contributed by atoms with E-state index in [1.165, 1.54) is 0 Å². The molecular weight excluding hydrogens is 210 g/mol. The van der Waals surface area contributed by atoms with Crippen LogP contribution in [0.1, 0.15) is 5.56 Å². The molecule has 5 heteroatoms. The van der Waals surface area contributed by atoms with Crippen LogP contribution in [-0.4, -0.2) is 27.9 Å². The maximum absolute atomic E-state index is 5.22. The van der Waals surface area contributed by atoms with E-state index in [4.69, 9.17) is 20.1 Å². The Labute approximate surface area is 95.0 Å². The van der Waals surface area contributed by atoms with E-state index in [1.807, 2.05) is 12.1 Å². The second-order valence-electron chi connectivity index (χ2n) is 3.15. The highest BCUT2D eigenvalue weighted by Gasteiger charge is 2.12. The van der Waals surface area contributed by atoms with Crippen LogP contribution in [0.5, 0.6) is 17.2 Å². The van der Waals surface area contributed by atoms with Gasteiger partial charge in [-0.2, -0.15) is 0 Å². The minimum absolute atomic E-state index is 0.443. The van der Waals surface area contributed by atoms with Crippen molar-refractivity contribution in [2.75, 3.05) is 27.9 Å². The average Bonchev–Trinajstić information content (AvgIpc) is 2.34. The van der Waals surface area contributed by atoms with Crippen LogP contribution in [0.3, 0.4) is 0 Å². The SMILES string of the molecule is COc1cc(CCON)cc(OC)c1OC. The maximum atomic E-state index is 5.22. The van der Waals surface area contributed by atoms with Crippen molar-refractivity contribution in [1.29, 1.82) is 0 Å². The highest BCUT2D eigenvalue weighted by atomic mass is 16.6. The zero-order valence-electron chi connectivity index (χ0n) is 9.78. The van der Waals surface area contributed by atoms with E-state index in [2.05, 4.69) is 4.84 Å². The van der Waals surface area contributed by atoms with E-state index >= 15 is 0 Å². The molecule has 1 aromatic rings. The summed E-state index contributed by atoms with van der Waals surface area (Å²) in [4.78, 5) is 4.54. The van der Waals surface area contributed by atoms with E-state index in [-0.39, 0.29) is 0 Å². The smallest absolute Gasteiger partial charge is 0.203 e. The molecule has 16 heavy (non-hydrogen) atoms. The van der Waals surface area contributed by atoms with E-state index in [0.717, 1.165) is 5.56 Å². The number of methoxy groups -OCH3 is 3. The molecule has 1 rings (SSSR count). The molecule has 2 N–H and O–H groups in total. The number of rotatable bonds is 6. The third kappa shape index (κ3) is 2.77. The fraction of sp³-hybridized carbons (Fsp3) is 0.455. The minimum Gasteiger partial charge on any atom is -0.493 e. The van der Waals surface area contributed by atoms with Gasteiger partial charge in [-0.1, -0.05) is 0 Å². The van der Waals surface area contributed by atoms with Crippen LogP contribution in [0.4, 0.5) is 0 Å². The number of ether oxygens (including phenoxy) is 3. The Hall–Kier alpha value is -1.46. The molecule has 0 fully saturated rings. The van der Waals surface area contributed by atoms with E-state index in [0.29, 0.717) is 30.3 Å². The normalized spacial score (nSPS) is 10.0. The Morgan fingerprint density at radius 3 is 1.94 bits per heavy atom. The molecule has 0 spiro atoms. The van der Waals surface area contributed by atoms with Crippen LogP contribution in [0.15, 0.2) is 12.1 Å². The van der Waals surface area contributed by atoms with Crippen LogP contribution in [0.2, 0.25) is 0 Å². The quantitative estimate of drug-likeness (QED) is 0.738. The van der Waals surface area contributed by atoms with Crippen molar-refractivity contribution >= 4 is 0 Å². The number of hydrogen-bond acceptors (Lipinski definition) is 5. The molecule has 0 saturated carbocycles. The lowest BCUT2D eigenvalue weighted by molar-refractivity contribution is 0.141. The summed E-state index contributed by atoms with van der Waals surface area (Å²) in [6.07, 6.45) is 0.688. The molecule has 0 aliphatic rings. The summed E-state index contributed by atoms with van der Waals surface area (Å²) in [5.74, 6) is 6.84. The van der Waals surface area contributed by atoms with Gasteiger partial charge in [0.25, 0.3) is 0 Å². The van der Waals surface area contributed by atoms with Crippen molar-refractivity contribution < 1.29 is 19.0 Å². The van der Waals surface area contributed by atoms with Crippen LogP contribution >= 0.6 is 0 Å². The van der Waals surface area contributed by atoms with Crippen LogP contribution in [-0.2, 0) is 11.3 Å². The zero-order chi connectivity index (χ0) is 12.0. The predicted molar refractivity (Wildman–Crippen MR) is 59.9 cm³/mol. The summed E-state index contributed by atoms with van der Waals surface area (Å²) in [7, 11) is 4.74. The lowest BCUT2D eigenvalue weighted by atomic mass is 10.1. The van der Waals surface area contributed by atoms with Crippen LogP contribution < -0.4 is 20.1 Å². The molecule has 0 aromatic heterocycles. The molecule has 5 nitrogen and oxygen atoms in total. The molecular formula is C11H17NO4. The monoisotopic (exact) mass is 227 g/mol. The molecule has 0 bridgehead atoms. The summed E-state index contributed by atoms with van der Waals surface area (Å²) in [5, 5.41) is 0. The van der Waals surface area contributed by atoms with Gasteiger partial charge in [0.2, 0.25) is 5.75 Å². The highest BCUT2D eigenvalue weighted by Crippen LogP contribution is 2.38. The molecule has 0 amide bonds. The van der Waals surface area contributed by atoms with Gasteiger partial charge in [-0.05, 0) is 24.1 Å². The molecule has 1 aromatic carbocycles. The largest absolute Gasteiger partial charge is 0.493 e. The molecule has 90 valence electrons. The number of benzene rings is 1. The Bertz CT molecular complexity index is 316. The van der Waals surface area contributed by atoms with Crippen LogP contribution in [0.25, 0.3) is 0 Å². The maximum Gasteiger partial charge on any atom is 0.203 e. The second-order valence-corrected chi connectivity index (χ2v) is 3.15. The van der Waals surface area contributed by atoms with Gasteiger partial charge < -0.3 is 19.0 Å². The first-order chi connectivity index (χ1) is 7.76. The van der Waals surface area contributed by atoms with Gasteiger partial charge >= 0.3 is 0 Å². The molecule has 0 atom stereocenters. The summed E-state index contributed by atoms with van der Waals surface area (Å²) in [5.41, 5.74) is 1.01. The summed E-state index contributed by atoms with van der Waals surface area (Å²) in [6.45, 7) is 0.443. The third-order valence-electron chi connectivity index (χ3n) is 2.23. The van der Waals surface area contributed by atoms with E-state index in [9.17, 15) is 0 Å². The van der Waals surface area contributed by atoms with Crippen molar-refractivity contribution in [3.05, 3.63) is 17.7 Å². The highest BCUT2D eigenvalue weighted by molar-refractivity contribution is 5.53. The molecule has 0 aliphatic carbocycles. The van der Waals surface area contributed by atoms with Crippen molar-refractivity contribution in [2.45, 2.75) is 6.42 Å². The van der Waals surface area contributed by atoms with Gasteiger partial charge in [0.1, 0.15) is 0 Å². The van der Waals surface area contributed by atoms with Gasteiger partial charge in [0.15, 0.2) is 11.5 Å². The van der Waals surface area contributed by atoms with Gasteiger partial charge in [0, 0.05) is 0 Å². The minimum atomic E-state index is 0.443. The lowest BCUT2D eigenvalue weighted by Gasteiger charge is -2.13. The molecule has 0 heterocycles. The number of nitrogens with two attached hydrogens (primary N) is 1. The number of hydrogen-bond donors (Lipinski definition) is 1. The lowest BCUT2D eigenvalue weighted by Crippen LogP contribution is -2.04. The molecule has 0 saturated heterocycles. The first-order valence-electron chi connectivity index (χ1n) is 4.87. The fourth-order valence-electron chi connectivity index (χ4n) is 1.46. The van der Waals surface area contributed by atoms with Gasteiger partial charge in [-0.15, -0.1) is 0 Å². The Kier molecular flexibility index (Phi) is 4.88. The topological polar surface area (TPSA) is 62.9 Å². The Morgan fingerprint density at radius 2 is 1.56 bits per heavy atom. The first-order valence-corrected chi connectivity index (χ1v) is 4.87. The van der Waals surface area contributed by atoms with Gasteiger partial charge in [-0.3, -0.25) is 0 Å². The van der Waals surface area contributed by atoms with Crippen molar-refractivity contribution in [3.63, 3.8) is 0 Å². The summed E-state index contributed by atoms with van der Waals surface area (Å²) >= 11 is 0. The van der Waals surface area contributed by atoms with Gasteiger partial charge in [-0.25, -0.2) is 5.90 Å². The average molecular weight is 227 g/mol. The summed E-state index contributed by atoms with van der Waals surface area (Å²) in [6, 6.07) is 3.75. The van der Waals surface area contributed by atoms with E-state index < -0.39 is 0 Å². The standard InChI is InChI=1S/C11H17NO4/c1-13-9-6-8(4-5-16-12)7-10(14-2)11(9)15-3/h6-7H,4-5,12H2,1-3H3. The van der Waals surface area contributed by atoms with Crippen LogP contribution in [0, 0.1) is 0 Å². The van der Waals surface area contributed by atoms with Crippen molar-refractivity contribution in [2.24, 2.45) is 5.90 Å². The molecule has 0 radical (unpaired) electrons. The van der Waals surface area contributed by atoms with Gasteiger partial charge in [0.05, 0.1) is 27.9 Å². The Morgan fingerprint density at radius 1 is 1.00 bits per heavy atom. The molecule has 0 unspecified atom stereocenters. The first kappa shape index (κ1) is 12.6. The predicted octanol–water partition coefficient (Wildman–Crippen LogP) is 1.15. The third-order valence-corrected chi connectivity index (χ3v) is 2.23. The second kappa shape index (κ2) is 6.19. The molecule has 0 aliphatic heterocycles. The van der Waals surface area contributed by atoms with Crippen molar-refractivity contribution in [3.8, 4) is 17.2 Å². The fourth-order valence-corrected chi connectivity index (χ4v) is 1.46. The van der Waals surface area contributed by atoms with E-state index in [1.54, 1.807) is 21.3 Å². The zero-order valence-corrected chi connectivity index (χ0v) is 9.78. The van der Waals surface area contributed by atoms with Crippen molar-refractivity contribution in [1.82, 2.24) is 0 Å². The Balaban J connectivity index is 3.05. The summed E-state index contributed by atoms with van der Waals surface area (Å²) < 4.78 is 15.7.